The Bertz CT molecular complexity index is 162. The Kier molecular flexibility index (Phi) is 3.84. The highest BCUT2D eigenvalue weighted by Crippen LogP contribution is 1.89. The number of hydrogen-bond donors (Lipinski definition) is 2. The first-order valence-corrected chi connectivity index (χ1v) is 4.58. The highest BCUT2D eigenvalue weighted by molar-refractivity contribution is 7.93. The molecule has 0 aromatic rings. The molecule has 0 amide bonds. The van der Waals surface area contributed by atoms with Crippen molar-refractivity contribution in [2.24, 2.45) is 5.14 Å². The van der Waals surface area contributed by atoms with Crippen molar-refractivity contribution in [3.05, 3.63) is 0 Å². The van der Waals surface area contributed by atoms with Crippen molar-refractivity contribution >= 4 is 15.4 Å². The van der Waals surface area contributed by atoms with Crippen molar-refractivity contribution < 1.29 is 8.76 Å². The summed E-state index contributed by atoms with van der Waals surface area (Å²) < 4.78 is 18.8. The number of nitrogens with two attached hydrogens (primary N) is 1. The molecule has 0 aromatic heterocycles. The molecule has 9 heavy (non-hydrogen) atoms. The lowest BCUT2D eigenvalue weighted by Crippen LogP contribution is -2.12. The van der Waals surface area contributed by atoms with Crippen LogP contribution in [0.4, 0.5) is 0 Å². The maximum Gasteiger partial charge on any atom is 0.138 e. The zero-order chi connectivity index (χ0) is 7.33. The minimum absolute atomic E-state index is 0.627. The van der Waals surface area contributed by atoms with Gasteiger partial charge in [-0.25, -0.2) is 9.35 Å². The third kappa shape index (κ3) is 7.94. The molecule has 1 unspecified atom stereocenters. The molecule has 0 heterocycles. The summed E-state index contributed by atoms with van der Waals surface area (Å²) in [5, 5.41) is 6.06. The van der Waals surface area contributed by atoms with Crippen LogP contribution >= 0.6 is 0 Å². The quantitative estimate of drug-likeness (QED) is 0.458. The molecule has 3 nitrogen and oxygen atoms in total. The van der Waals surface area contributed by atoms with Gasteiger partial charge in [0.15, 0.2) is 0 Å². The van der Waals surface area contributed by atoms with Crippen LogP contribution in [0.5, 0.6) is 0 Å². The highest BCUT2D eigenvalue weighted by atomic mass is 32.2. The van der Waals surface area contributed by atoms with Crippen molar-refractivity contribution in [1.29, 1.82) is 0 Å². The number of rotatable bonds is 3. The van der Waals surface area contributed by atoms with E-state index in [0.29, 0.717) is 6.42 Å². The summed E-state index contributed by atoms with van der Waals surface area (Å²) in [6.07, 6.45) is 2.57. The smallest absolute Gasteiger partial charge is 0.138 e. The Morgan fingerprint density at radius 2 is 2.33 bits per heavy atom. The van der Waals surface area contributed by atoms with Crippen LogP contribution in [0.25, 0.3) is 0 Å². The lowest BCUT2D eigenvalue weighted by atomic mass is 10.3. The van der Waals surface area contributed by atoms with Gasteiger partial charge < -0.3 is 4.55 Å². The first-order chi connectivity index (χ1) is 4.06. The Balaban J connectivity index is 3.59. The first kappa shape index (κ1) is 8.94. The van der Waals surface area contributed by atoms with E-state index in [4.69, 9.17) is 9.69 Å². The van der Waals surface area contributed by atoms with Gasteiger partial charge in [0.1, 0.15) is 9.99 Å². The van der Waals surface area contributed by atoms with E-state index in [9.17, 15) is 4.21 Å². The summed E-state index contributed by atoms with van der Waals surface area (Å²) in [6.45, 7) is 2.02. The normalized spacial score (nSPS) is 16.8. The fraction of sp³-hybridized carbons (Fsp3) is 0.800. The van der Waals surface area contributed by atoms with Gasteiger partial charge in [-0.2, -0.15) is 0 Å². The van der Waals surface area contributed by atoms with Gasteiger partial charge >= 0.3 is 0 Å². The molecule has 0 aliphatic rings. The number of hydrogen-bond acceptors (Lipinski definition) is 1. The van der Waals surface area contributed by atoms with Crippen molar-refractivity contribution in [2.75, 3.05) is 0 Å². The van der Waals surface area contributed by atoms with Gasteiger partial charge in [-0.3, -0.25) is 0 Å². The van der Waals surface area contributed by atoms with Crippen LogP contribution in [-0.4, -0.2) is 14.1 Å². The molecular formula is C5H13NO2S. The topological polar surface area (TPSA) is 63.3 Å². The fourth-order valence-corrected chi connectivity index (χ4v) is 0.961. The summed E-state index contributed by atoms with van der Waals surface area (Å²) in [6, 6.07) is 0. The van der Waals surface area contributed by atoms with Gasteiger partial charge in [0, 0.05) is 5.37 Å². The Morgan fingerprint density at radius 1 is 1.78 bits per heavy atom. The average molecular weight is 151 g/mol. The molecule has 4 heteroatoms. The molecule has 0 saturated carbocycles. The van der Waals surface area contributed by atoms with Crippen molar-refractivity contribution in [3.8, 4) is 0 Å². The minimum atomic E-state index is -3.07. The Labute approximate surface area is 56.2 Å². The van der Waals surface area contributed by atoms with Crippen LogP contribution in [-0.2, 0) is 9.99 Å². The molecule has 0 rings (SSSR count). The zero-order valence-electron chi connectivity index (χ0n) is 5.54. The average Bonchev–Trinajstić information content (AvgIpc) is 1.63. The van der Waals surface area contributed by atoms with Gasteiger partial charge in [-0.05, 0) is 12.8 Å². The van der Waals surface area contributed by atoms with E-state index in [0.717, 1.165) is 12.8 Å². The molecule has 1 atom stereocenters. The van der Waals surface area contributed by atoms with Crippen LogP contribution in [0.2, 0.25) is 0 Å². The highest BCUT2D eigenvalue weighted by Gasteiger charge is 1.87. The van der Waals surface area contributed by atoms with Gasteiger partial charge in [0.2, 0.25) is 0 Å². The molecule has 0 aliphatic heterocycles. The van der Waals surface area contributed by atoms with Crippen LogP contribution in [0.3, 0.4) is 0 Å². The Hall–Kier alpha value is -0.0600. The van der Waals surface area contributed by atoms with Crippen molar-refractivity contribution in [3.63, 3.8) is 0 Å². The second-order valence-corrected chi connectivity index (χ2v) is 3.48. The molecule has 0 fully saturated rings. The van der Waals surface area contributed by atoms with Crippen molar-refractivity contribution in [1.82, 2.24) is 0 Å². The van der Waals surface area contributed by atoms with E-state index in [2.05, 4.69) is 0 Å². The van der Waals surface area contributed by atoms with Crippen LogP contribution in [0, 0.1) is 0 Å². The molecule has 0 spiro atoms. The fourth-order valence-electron chi connectivity index (χ4n) is 0.456. The summed E-state index contributed by atoms with van der Waals surface area (Å²) >= 11 is 0. The summed E-state index contributed by atoms with van der Waals surface area (Å²) in [5.41, 5.74) is 0. The van der Waals surface area contributed by atoms with Crippen molar-refractivity contribution in [2.45, 2.75) is 26.2 Å². The maximum atomic E-state index is 10.3. The largest absolute Gasteiger partial charge is 0.303 e. The third-order valence-electron chi connectivity index (χ3n) is 0.914. The number of unbranched alkanes of at least 4 members (excludes halogenated alkanes) is 2. The van der Waals surface area contributed by atoms with E-state index in [1.165, 1.54) is 5.37 Å². The lowest BCUT2D eigenvalue weighted by molar-refractivity contribution is 0.561. The summed E-state index contributed by atoms with van der Waals surface area (Å²) in [7, 11) is -3.07. The first-order valence-electron chi connectivity index (χ1n) is 2.94. The van der Waals surface area contributed by atoms with E-state index < -0.39 is 9.99 Å². The van der Waals surface area contributed by atoms with Crippen LogP contribution in [0.1, 0.15) is 26.2 Å². The third-order valence-corrected chi connectivity index (χ3v) is 1.63. The van der Waals surface area contributed by atoms with Crippen LogP contribution < -0.4 is 5.14 Å². The van der Waals surface area contributed by atoms with E-state index >= 15 is 0 Å². The summed E-state index contributed by atoms with van der Waals surface area (Å²) in [5.74, 6) is 0. The monoisotopic (exact) mass is 151 g/mol. The van der Waals surface area contributed by atoms with E-state index in [1.54, 1.807) is 0 Å². The second kappa shape index (κ2) is 3.87. The molecular weight excluding hydrogens is 138 g/mol. The molecule has 0 bridgehead atoms. The summed E-state index contributed by atoms with van der Waals surface area (Å²) in [4.78, 5) is 0. The maximum absolute atomic E-state index is 10.3. The zero-order valence-corrected chi connectivity index (χ0v) is 6.36. The minimum Gasteiger partial charge on any atom is -0.303 e. The predicted molar refractivity (Wildman–Crippen MR) is 40.5 cm³/mol. The molecule has 3 N–H and O–H groups in total. The van der Waals surface area contributed by atoms with Crippen LogP contribution in [0.15, 0.2) is 0 Å². The van der Waals surface area contributed by atoms with Gasteiger partial charge in [-0.15, -0.1) is 0 Å². The molecule has 0 aliphatic carbocycles. The van der Waals surface area contributed by atoms with Gasteiger partial charge in [0.05, 0.1) is 0 Å². The predicted octanol–water partition coefficient (Wildman–Crippen LogP) is 0.610. The molecule has 0 aromatic carbocycles. The second-order valence-electron chi connectivity index (χ2n) is 1.92. The van der Waals surface area contributed by atoms with E-state index in [1.807, 2.05) is 6.92 Å². The molecule has 0 radical (unpaired) electrons. The lowest BCUT2D eigenvalue weighted by Gasteiger charge is -1.92. The standard InChI is InChI=1S/C5H13NO2S/c1-2-3-4-5-9(6,7)8/h5H,2-4H2,1H3,(H3,6,7,8). The SMILES string of the molecule is CCCCC=S(N)(=O)O. The van der Waals surface area contributed by atoms with Gasteiger partial charge in [-0.1, -0.05) is 13.3 Å². The van der Waals surface area contributed by atoms with E-state index in [-0.39, 0.29) is 0 Å². The molecule has 56 valence electrons. The van der Waals surface area contributed by atoms with Gasteiger partial charge in [0.25, 0.3) is 0 Å². The molecule has 0 saturated heterocycles. The Morgan fingerprint density at radius 3 is 2.67 bits per heavy atom.